The van der Waals surface area contributed by atoms with E-state index in [0.29, 0.717) is 10.7 Å². The Morgan fingerprint density at radius 3 is 2.90 bits per heavy atom. The summed E-state index contributed by atoms with van der Waals surface area (Å²) in [7, 11) is 0. The van der Waals surface area contributed by atoms with Crippen LogP contribution in [0.2, 0.25) is 5.02 Å². The number of rotatable bonds is 2. The highest BCUT2D eigenvalue weighted by Crippen LogP contribution is 2.38. The first-order valence-electron chi connectivity index (χ1n) is 6.45. The SMILES string of the molecule is Cc1ccc2c(c1)S[C@H](C(=O)Nc1ccccc1Cl)C2. The average Bonchev–Trinajstić information content (AvgIpc) is 2.84. The van der Waals surface area contributed by atoms with Crippen LogP contribution >= 0.6 is 23.4 Å². The van der Waals surface area contributed by atoms with Gasteiger partial charge in [-0.3, -0.25) is 4.79 Å². The average molecular weight is 304 g/mol. The Kier molecular flexibility index (Phi) is 3.72. The summed E-state index contributed by atoms with van der Waals surface area (Å²) in [4.78, 5) is 13.5. The quantitative estimate of drug-likeness (QED) is 0.896. The first kappa shape index (κ1) is 13.5. The molecule has 3 rings (SSSR count). The molecule has 1 N–H and O–H groups in total. The number of nitrogens with one attached hydrogen (secondary N) is 1. The number of aryl methyl sites for hydroxylation is 1. The number of halogens is 1. The molecule has 0 saturated carbocycles. The van der Waals surface area contributed by atoms with E-state index in [0.717, 1.165) is 6.42 Å². The number of benzene rings is 2. The van der Waals surface area contributed by atoms with Crippen LogP contribution in [0.5, 0.6) is 0 Å². The number of anilines is 1. The molecule has 0 fully saturated rings. The van der Waals surface area contributed by atoms with Crippen LogP contribution in [0.15, 0.2) is 47.4 Å². The molecule has 0 bridgehead atoms. The molecule has 102 valence electrons. The zero-order valence-corrected chi connectivity index (χ0v) is 12.6. The van der Waals surface area contributed by atoms with Crippen LogP contribution in [0.25, 0.3) is 0 Å². The lowest BCUT2D eigenvalue weighted by atomic mass is 10.1. The number of hydrogen-bond donors (Lipinski definition) is 1. The number of para-hydroxylation sites is 1. The minimum atomic E-state index is -0.0805. The van der Waals surface area contributed by atoms with Crippen LogP contribution in [0.4, 0.5) is 5.69 Å². The van der Waals surface area contributed by atoms with Crippen molar-refractivity contribution in [3.8, 4) is 0 Å². The normalized spacial score (nSPS) is 16.8. The molecule has 0 radical (unpaired) electrons. The number of thioether (sulfide) groups is 1. The number of fused-ring (bicyclic) bond motifs is 1. The summed E-state index contributed by atoms with van der Waals surface area (Å²) < 4.78 is 0. The second kappa shape index (κ2) is 5.51. The third-order valence-corrected chi connectivity index (χ3v) is 4.95. The van der Waals surface area contributed by atoms with Gasteiger partial charge in [-0.25, -0.2) is 0 Å². The summed E-state index contributed by atoms with van der Waals surface area (Å²) in [6.45, 7) is 2.07. The molecule has 1 atom stereocenters. The van der Waals surface area contributed by atoms with Gasteiger partial charge in [0.05, 0.1) is 16.0 Å². The Morgan fingerprint density at radius 2 is 2.10 bits per heavy atom. The van der Waals surface area contributed by atoms with E-state index in [2.05, 4.69) is 30.4 Å². The van der Waals surface area contributed by atoms with Crippen molar-refractivity contribution in [2.45, 2.75) is 23.5 Å². The highest BCUT2D eigenvalue weighted by molar-refractivity contribution is 8.01. The van der Waals surface area contributed by atoms with Gasteiger partial charge in [0.1, 0.15) is 0 Å². The van der Waals surface area contributed by atoms with E-state index in [1.54, 1.807) is 17.8 Å². The van der Waals surface area contributed by atoms with Crippen molar-refractivity contribution in [1.82, 2.24) is 0 Å². The molecule has 0 unspecified atom stereocenters. The van der Waals surface area contributed by atoms with E-state index in [-0.39, 0.29) is 11.2 Å². The number of amides is 1. The Morgan fingerprint density at radius 1 is 1.30 bits per heavy atom. The van der Waals surface area contributed by atoms with Crippen molar-refractivity contribution in [3.05, 3.63) is 58.6 Å². The van der Waals surface area contributed by atoms with Crippen molar-refractivity contribution in [1.29, 1.82) is 0 Å². The van der Waals surface area contributed by atoms with E-state index < -0.39 is 0 Å². The lowest BCUT2D eigenvalue weighted by Crippen LogP contribution is -2.24. The lowest BCUT2D eigenvalue weighted by molar-refractivity contribution is -0.115. The fourth-order valence-corrected chi connectivity index (χ4v) is 3.73. The standard InChI is InChI=1S/C16H14ClNOS/c1-10-6-7-11-9-15(20-14(11)8-10)16(19)18-13-5-3-2-4-12(13)17/h2-8,15H,9H2,1H3,(H,18,19)/t15-/m0/s1. The van der Waals surface area contributed by atoms with Gasteiger partial charge < -0.3 is 5.32 Å². The Balaban J connectivity index is 1.73. The van der Waals surface area contributed by atoms with Crippen LogP contribution in [0.3, 0.4) is 0 Å². The molecule has 0 aliphatic carbocycles. The largest absolute Gasteiger partial charge is 0.324 e. The summed E-state index contributed by atoms with van der Waals surface area (Å²) in [5.74, 6) is 0.0111. The van der Waals surface area contributed by atoms with E-state index in [1.165, 1.54) is 16.0 Å². The lowest BCUT2D eigenvalue weighted by Gasteiger charge is -2.10. The van der Waals surface area contributed by atoms with Crippen LogP contribution in [0, 0.1) is 6.92 Å². The maximum Gasteiger partial charge on any atom is 0.238 e. The number of hydrogen-bond acceptors (Lipinski definition) is 2. The highest BCUT2D eigenvalue weighted by Gasteiger charge is 2.28. The van der Waals surface area contributed by atoms with E-state index in [4.69, 9.17) is 11.6 Å². The minimum Gasteiger partial charge on any atom is -0.324 e. The summed E-state index contributed by atoms with van der Waals surface area (Å²) in [6, 6.07) is 13.6. The smallest absolute Gasteiger partial charge is 0.238 e. The highest BCUT2D eigenvalue weighted by atomic mass is 35.5. The van der Waals surface area contributed by atoms with Gasteiger partial charge in [0.25, 0.3) is 0 Å². The van der Waals surface area contributed by atoms with Gasteiger partial charge in [-0.05, 0) is 37.1 Å². The number of carbonyl (C=O) groups is 1. The summed E-state index contributed by atoms with van der Waals surface area (Å²) in [5.41, 5.74) is 3.15. The van der Waals surface area contributed by atoms with Crippen molar-refractivity contribution in [3.63, 3.8) is 0 Å². The molecule has 1 aliphatic rings. The molecular formula is C16H14ClNOS. The zero-order chi connectivity index (χ0) is 14.1. The van der Waals surface area contributed by atoms with Gasteiger partial charge in [-0.1, -0.05) is 41.4 Å². The molecule has 2 aromatic carbocycles. The Hall–Kier alpha value is -1.45. The predicted octanol–water partition coefficient (Wildman–Crippen LogP) is 4.30. The Labute approximate surface area is 127 Å². The van der Waals surface area contributed by atoms with Gasteiger partial charge >= 0.3 is 0 Å². The van der Waals surface area contributed by atoms with E-state index in [9.17, 15) is 4.79 Å². The van der Waals surface area contributed by atoms with Crippen LogP contribution in [-0.2, 0) is 11.2 Å². The molecule has 20 heavy (non-hydrogen) atoms. The monoisotopic (exact) mass is 303 g/mol. The number of carbonyl (C=O) groups excluding carboxylic acids is 1. The van der Waals surface area contributed by atoms with Crippen molar-refractivity contribution in [2.24, 2.45) is 0 Å². The third kappa shape index (κ3) is 2.69. The molecule has 1 amide bonds. The van der Waals surface area contributed by atoms with Gasteiger partial charge in [-0.15, -0.1) is 11.8 Å². The van der Waals surface area contributed by atoms with Gasteiger partial charge in [-0.2, -0.15) is 0 Å². The second-order valence-corrected chi connectivity index (χ2v) is 6.54. The van der Waals surface area contributed by atoms with Gasteiger partial charge in [0, 0.05) is 4.90 Å². The maximum absolute atomic E-state index is 12.3. The van der Waals surface area contributed by atoms with E-state index in [1.807, 2.05) is 18.2 Å². The predicted molar refractivity (Wildman–Crippen MR) is 84.6 cm³/mol. The fraction of sp³-hybridized carbons (Fsp3) is 0.188. The topological polar surface area (TPSA) is 29.1 Å². The fourth-order valence-electron chi connectivity index (χ4n) is 2.26. The molecule has 4 heteroatoms. The third-order valence-electron chi connectivity index (χ3n) is 3.32. The van der Waals surface area contributed by atoms with Gasteiger partial charge in [0.2, 0.25) is 5.91 Å². The molecule has 0 saturated heterocycles. The first-order valence-corrected chi connectivity index (χ1v) is 7.71. The van der Waals surface area contributed by atoms with Gasteiger partial charge in [0.15, 0.2) is 0 Å². The molecular weight excluding hydrogens is 290 g/mol. The van der Waals surface area contributed by atoms with E-state index >= 15 is 0 Å². The molecule has 2 nitrogen and oxygen atoms in total. The summed E-state index contributed by atoms with van der Waals surface area (Å²) in [6.07, 6.45) is 0.774. The zero-order valence-electron chi connectivity index (χ0n) is 11.0. The van der Waals surface area contributed by atoms with Crippen molar-refractivity contribution in [2.75, 3.05) is 5.32 Å². The molecule has 1 heterocycles. The molecule has 2 aromatic rings. The van der Waals surface area contributed by atoms with Crippen molar-refractivity contribution < 1.29 is 4.79 Å². The minimum absolute atomic E-state index is 0.0111. The maximum atomic E-state index is 12.3. The summed E-state index contributed by atoms with van der Waals surface area (Å²) >= 11 is 7.69. The van der Waals surface area contributed by atoms with Crippen molar-refractivity contribution >= 4 is 35.0 Å². The molecule has 1 aliphatic heterocycles. The van der Waals surface area contributed by atoms with Crippen LogP contribution in [-0.4, -0.2) is 11.2 Å². The summed E-state index contributed by atoms with van der Waals surface area (Å²) in [5, 5.41) is 3.40. The Bertz CT molecular complexity index is 671. The van der Waals surface area contributed by atoms with Crippen LogP contribution in [0.1, 0.15) is 11.1 Å². The molecule has 0 aromatic heterocycles. The molecule has 0 spiro atoms. The second-order valence-electron chi connectivity index (χ2n) is 4.89. The first-order chi connectivity index (χ1) is 9.63. The van der Waals surface area contributed by atoms with Crippen LogP contribution < -0.4 is 5.32 Å².